The fraction of sp³-hybridized carbons (Fsp3) is 0.333. The third-order valence-electron chi connectivity index (χ3n) is 4.58. The Morgan fingerprint density at radius 3 is 2.56 bits per heavy atom. The molecule has 0 aromatic heterocycles. The number of nitrogens with one attached hydrogen (secondary N) is 1. The fourth-order valence-electron chi connectivity index (χ4n) is 3.12. The molecule has 1 aliphatic rings. The van der Waals surface area contributed by atoms with Crippen molar-refractivity contribution in [1.82, 2.24) is 0 Å². The molecule has 0 saturated carbocycles. The molecule has 2 aromatic rings. The number of carbonyl (C=O) groups excluding carboxylic acids is 1. The molecule has 27 heavy (non-hydrogen) atoms. The van der Waals surface area contributed by atoms with E-state index in [9.17, 15) is 4.79 Å². The molecular formula is C21H22ClN3O2. The Hall–Kier alpha value is -2.71. The summed E-state index contributed by atoms with van der Waals surface area (Å²) in [4.78, 5) is 14.9. The summed E-state index contributed by atoms with van der Waals surface area (Å²) in [5, 5.41) is 12.4. The summed E-state index contributed by atoms with van der Waals surface area (Å²) in [5.74, 6) is 0.291. The van der Waals surface area contributed by atoms with Crippen LogP contribution in [0.15, 0.2) is 42.5 Å². The van der Waals surface area contributed by atoms with E-state index >= 15 is 0 Å². The zero-order valence-electron chi connectivity index (χ0n) is 15.2. The minimum absolute atomic E-state index is 0.250. The van der Waals surface area contributed by atoms with E-state index in [0.29, 0.717) is 22.0 Å². The van der Waals surface area contributed by atoms with Crippen LogP contribution in [0.1, 0.15) is 31.7 Å². The second-order valence-corrected chi connectivity index (χ2v) is 7.03. The lowest BCUT2D eigenvalue weighted by molar-refractivity contribution is -0.122. The number of halogens is 1. The molecule has 3 rings (SSSR count). The van der Waals surface area contributed by atoms with Crippen LogP contribution < -0.4 is 15.0 Å². The molecule has 1 saturated heterocycles. The van der Waals surface area contributed by atoms with Gasteiger partial charge in [-0.2, -0.15) is 5.26 Å². The van der Waals surface area contributed by atoms with Crippen molar-refractivity contribution in [3.05, 3.63) is 53.1 Å². The van der Waals surface area contributed by atoms with E-state index in [-0.39, 0.29) is 5.91 Å². The molecular weight excluding hydrogens is 362 g/mol. The lowest BCUT2D eigenvalue weighted by atomic mass is 10.1. The molecule has 1 fully saturated rings. The van der Waals surface area contributed by atoms with E-state index in [0.717, 1.165) is 31.6 Å². The van der Waals surface area contributed by atoms with Gasteiger partial charge in [-0.15, -0.1) is 0 Å². The number of nitrogens with zero attached hydrogens (tertiary/aromatic N) is 2. The number of piperidine rings is 1. The van der Waals surface area contributed by atoms with Crippen LogP contribution in [0.4, 0.5) is 11.4 Å². The highest BCUT2D eigenvalue weighted by Crippen LogP contribution is 2.31. The predicted molar refractivity (Wildman–Crippen MR) is 107 cm³/mol. The van der Waals surface area contributed by atoms with Crippen molar-refractivity contribution in [2.24, 2.45) is 0 Å². The summed E-state index contributed by atoms with van der Waals surface area (Å²) in [6.45, 7) is 3.64. The van der Waals surface area contributed by atoms with Gasteiger partial charge in [-0.1, -0.05) is 11.6 Å². The van der Waals surface area contributed by atoms with E-state index in [4.69, 9.17) is 21.6 Å². The van der Waals surface area contributed by atoms with Crippen LogP contribution in [-0.2, 0) is 4.79 Å². The molecule has 1 unspecified atom stereocenters. The number of hydrogen-bond donors (Lipinski definition) is 1. The predicted octanol–water partition coefficient (Wildman–Crippen LogP) is 4.61. The normalized spacial score (nSPS) is 14.9. The van der Waals surface area contributed by atoms with E-state index < -0.39 is 6.10 Å². The average molecular weight is 384 g/mol. The van der Waals surface area contributed by atoms with Crippen LogP contribution >= 0.6 is 11.6 Å². The maximum Gasteiger partial charge on any atom is 0.265 e. The highest BCUT2D eigenvalue weighted by molar-refractivity contribution is 6.31. The van der Waals surface area contributed by atoms with Crippen LogP contribution in [0.2, 0.25) is 5.02 Å². The number of rotatable bonds is 5. The summed E-state index contributed by atoms with van der Waals surface area (Å²) in [7, 11) is 0. The smallest absolute Gasteiger partial charge is 0.265 e. The van der Waals surface area contributed by atoms with Crippen molar-refractivity contribution < 1.29 is 9.53 Å². The molecule has 140 valence electrons. The number of amides is 1. The second-order valence-electron chi connectivity index (χ2n) is 6.59. The summed E-state index contributed by atoms with van der Waals surface area (Å²) >= 11 is 6.15. The van der Waals surface area contributed by atoms with Crippen molar-refractivity contribution in [2.45, 2.75) is 32.3 Å². The number of nitriles is 1. The zero-order chi connectivity index (χ0) is 19.2. The SMILES string of the molecule is CC(Oc1ccc(C#N)cc1)C(=O)Nc1cc(Cl)ccc1N1CCCCC1. The second kappa shape index (κ2) is 8.79. The lowest BCUT2D eigenvalue weighted by Crippen LogP contribution is -2.33. The maximum absolute atomic E-state index is 12.6. The van der Waals surface area contributed by atoms with Gasteiger partial charge in [0, 0.05) is 18.1 Å². The first-order valence-corrected chi connectivity index (χ1v) is 9.47. The molecule has 0 spiro atoms. The van der Waals surface area contributed by atoms with Crippen LogP contribution in [0.5, 0.6) is 5.75 Å². The molecule has 1 heterocycles. The molecule has 1 N–H and O–H groups in total. The van der Waals surface area contributed by atoms with E-state index in [1.807, 2.05) is 12.1 Å². The molecule has 0 bridgehead atoms. The van der Waals surface area contributed by atoms with Crippen molar-refractivity contribution >= 4 is 28.9 Å². The topological polar surface area (TPSA) is 65.4 Å². The van der Waals surface area contributed by atoms with Gasteiger partial charge in [0.2, 0.25) is 0 Å². The van der Waals surface area contributed by atoms with Gasteiger partial charge in [0.05, 0.1) is 23.0 Å². The zero-order valence-corrected chi connectivity index (χ0v) is 16.0. The van der Waals surface area contributed by atoms with Gasteiger partial charge >= 0.3 is 0 Å². The van der Waals surface area contributed by atoms with Gasteiger partial charge in [0.15, 0.2) is 6.10 Å². The first-order chi connectivity index (χ1) is 13.1. The van der Waals surface area contributed by atoms with Gasteiger partial charge in [-0.25, -0.2) is 0 Å². The van der Waals surface area contributed by atoms with Gasteiger partial charge < -0.3 is 15.0 Å². The molecule has 5 nitrogen and oxygen atoms in total. The Kier molecular flexibility index (Phi) is 6.20. The maximum atomic E-state index is 12.6. The lowest BCUT2D eigenvalue weighted by Gasteiger charge is -2.31. The number of anilines is 2. The molecule has 0 aliphatic carbocycles. The minimum Gasteiger partial charge on any atom is -0.481 e. The Balaban J connectivity index is 1.70. The number of hydrogen-bond acceptors (Lipinski definition) is 4. The Bertz CT molecular complexity index is 839. The third-order valence-corrected chi connectivity index (χ3v) is 4.81. The number of carbonyl (C=O) groups is 1. The number of benzene rings is 2. The fourth-order valence-corrected chi connectivity index (χ4v) is 3.29. The van der Waals surface area contributed by atoms with Crippen LogP contribution in [0, 0.1) is 11.3 Å². The molecule has 0 radical (unpaired) electrons. The average Bonchev–Trinajstić information content (AvgIpc) is 2.69. The van der Waals surface area contributed by atoms with Crippen LogP contribution in [0.3, 0.4) is 0 Å². The van der Waals surface area contributed by atoms with Gasteiger partial charge in [0.25, 0.3) is 5.91 Å². The van der Waals surface area contributed by atoms with Crippen LogP contribution in [0.25, 0.3) is 0 Å². The quantitative estimate of drug-likeness (QED) is 0.818. The Labute approximate surface area is 164 Å². The Morgan fingerprint density at radius 2 is 1.89 bits per heavy atom. The molecule has 6 heteroatoms. The van der Waals surface area contributed by atoms with E-state index in [1.54, 1.807) is 37.3 Å². The van der Waals surface area contributed by atoms with Gasteiger partial charge in [-0.3, -0.25) is 4.79 Å². The van der Waals surface area contributed by atoms with Gasteiger partial charge in [0.1, 0.15) is 5.75 Å². The highest BCUT2D eigenvalue weighted by Gasteiger charge is 2.20. The monoisotopic (exact) mass is 383 g/mol. The van der Waals surface area contributed by atoms with Gasteiger partial charge in [-0.05, 0) is 68.7 Å². The minimum atomic E-state index is -0.689. The van der Waals surface area contributed by atoms with Crippen molar-refractivity contribution in [3.63, 3.8) is 0 Å². The van der Waals surface area contributed by atoms with E-state index in [2.05, 4.69) is 16.3 Å². The third kappa shape index (κ3) is 4.93. The summed E-state index contributed by atoms with van der Waals surface area (Å²) in [6, 6.07) is 14.3. The first-order valence-electron chi connectivity index (χ1n) is 9.09. The Morgan fingerprint density at radius 1 is 1.19 bits per heavy atom. The number of ether oxygens (including phenoxy) is 1. The van der Waals surface area contributed by atoms with E-state index in [1.165, 1.54) is 6.42 Å². The molecule has 1 aliphatic heterocycles. The first kappa shape index (κ1) is 19.1. The summed E-state index contributed by atoms with van der Waals surface area (Å²) in [6.07, 6.45) is 2.84. The summed E-state index contributed by atoms with van der Waals surface area (Å²) < 4.78 is 5.70. The largest absolute Gasteiger partial charge is 0.481 e. The molecule has 1 atom stereocenters. The van der Waals surface area contributed by atoms with Crippen LogP contribution in [-0.4, -0.2) is 25.1 Å². The van der Waals surface area contributed by atoms with Crippen molar-refractivity contribution in [1.29, 1.82) is 5.26 Å². The summed E-state index contributed by atoms with van der Waals surface area (Å²) in [5.41, 5.74) is 2.23. The highest BCUT2D eigenvalue weighted by atomic mass is 35.5. The van der Waals surface area contributed by atoms with Crippen molar-refractivity contribution in [3.8, 4) is 11.8 Å². The standard InChI is InChI=1S/C21H22ClN3O2/c1-15(27-18-8-5-16(14-23)6-9-18)21(26)24-19-13-17(22)7-10-20(19)25-11-3-2-4-12-25/h5-10,13,15H,2-4,11-12H2,1H3,(H,24,26). The van der Waals surface area contributed by atoms with Crippen molar-refractivity contribution in [2.75, 3.05) is 23.3 Å². The molecule has 2 aromatic carbocycles. The molecule has 1 amide bonds.